The van der Waals surface area contributed by atoms with Crippen LogP contribution in [0.5, 0.6) is 5.75 Å². The molecular weight excluding hydrogens is 312 g/mol. The van der Waals surface area contributed by atoms with E-state index < -0.39 is 10.9 Å². The Morgan fingerprint density at radius 2 is 2.08 bits per heavy atom. The SMILES string of the molecule is COc1ccc(C(=O)OCCCc2cccc(C)n2)cc1[N+](=O)[O-]. The van der Waals surface area contributed by atoms with Gasteiger partial charge >= 0.3 is 11.7 Å². The highest BCUT2D eigenvalue weighted by Crippen LogP contribution is 2.27. The third kappa shape index (κ3) is 4.52. The minimum atomic E-state index is -0.599. The lowest BCUT2D eigenvalue weighted by Crippen LogP contribution is -2.08. The average Bonchev–Trinajstić information content (AvgIpc) is 2.58. The minimum Gasteiger partial charge on any atom is -0.490 e. The van der Waals surface area contributed by atoms with Gasteiger partial charge < -0.3 is 9.47 Å². The fourth-order valence-corrected chi connectivity index (χ4v) is 2.20. The molecule has 24 heavy (non-hydrogen) atoms. The summed E-state index contributed by atoms with van der Waals surface area (Å²) in [6, 6.07) is 9.74. The lowest BCUT2D eigenvalue weighted by atomic mass is 10.2. The van der Waals surface area contributed by atoms with Crippen LogP contribution in [0.25, 0.3) is 0 Å². The maximum atomic E-state index is 12.0. The lowest BCUT2D eigenvalue weighted by Gasteiger charge is -2.06. The van der Waals surface area contributed by atoms with Crippen LogP contribution >= 0.6 is 0 Å². The summed E-state index contributed by atoms with van der Waals surface area (Å²) in [5.41, 5.74) is 1.73. The quantitative estimate of drug-likeness (QED) is 0.335. The van der Waals surface area contributed by atoms with E-state index in [1.807, 2.05) is 25.1 Å². The molecule has 0 fully saturated rings. The van der Waals surface area contributed by atoms with Crippen molar-refractivity contribution in [3.05, 3.63) is 63.5 Å². The van der Waals surface area contributed by atoms with Gasteiger partial charge in [-0.05, 0) is 44.0 Å². The molecule has 0 saturated heterocycles. The number of nitro groups is 1. The second kappa shape index (κ2) is 8.05. The number of benzene rings is 1. The Bertz CT molecular complexity index is 746. The van der Waals surface area contributed by atoms with Crippen molar-refractivity contribution in [2.24, 2.45) is 0 Å². The first-order valence-electron chi connectivity index (χ1n) is 7.43. The fraction of sp³-hybridized carbons (Fsp3) is 0.294. The number of pyridine rings is 1. The maximum absolute atomic E-state index is 12.0. The number of rotatable bonds is 7. The number of esters is 1. The highest BCUT2D eigenvalue weighted by molar-refractivity contribution is 5.90. The van der Waals surface area contributed by atoms with Crippen molar-refractivity contribution < 1.29 is 19.2 Å². The molecule has 0 aliphatic carbocycles. The van der Waals surface area contributed by atoms with E-state index in [1.54, 1.807) is 0 Å². The Balaban J connectivity index is 1.90. The predicted molar refractivity (Wildman–Crippen MR) is 87.2 cm³/mol. The molecule has 2 aromatic rings. The van der Waals surface area contributed by atoms with Gasteiger partial charge in [0.25, 0.3) is 0 Å². The third-order valence-electron chi connectivity index (χ3n) is 3.37. The number of hydrogen-bond donors (Lipinski definition) is 0. The van der Waals surface area contributed by atoms with E-state index in [4.69, 9.17) is 9.47 Å². The molecule has 1 aromatic heterocycles. The van der Waals surface area contributed by atoms with E-state index >= 15 is 0 Å². The average molecular weight is 330 g/mol. The van der Waals surface area contributed by atoms with Crippen molar-refractivity contribution >= 4 is 11.7 Å². The zero-order valence-corrected chi connectivity index (χ0v) is 13.5. The highest BCUT2D eigenvalue weighted by Gasteiger charge is 2.18. The van der Waals surface area contributed by atoms with Gasteiger partial charge in [0.15, 0.2) is 5.75 Å². The van der Waals surface area contributed by atoms with Crippen LogP contribution < -0.4 is 4.74 Å². The summed E-state index contributed by atoms with van der Waals surface area (Å²) in [5.74, 6) is -0.500. The number of nitro benzene ring substituents is 1. The van der Waals surface area contributed by atoms with E-state index in [9.17, 15) is 14.9 Å². The van der Waals surface area contributed by atoms with E-state index in [-0.39, 0.29) is 23.6 Å². The van der Waals surface area contributed by atoms with Gasteiger partial charge in [0.1, 0.15) is 0 Å². The molecular formula is C17H18N2O5. The highest BCUT2D eigenvalue weighted by atomic mass is 16.6. The molecule has 0 spiro atoms. The molecule has 0 unspecified atom stereocenters. The van der Waals surface area contributed by atoms with Crippen molar-refractivity contribution in [2.75, 3.05) is 13.7 Å². The standard InChI is InChI=1S/C17H18N2O5/c1-12-5-3-6-14(18-12)7-4-10-24-17(20)13-8-9-16(23-2)15(11-13)19(21)22/h3,5-6,8-9,11H,4,7,10H2,1-2H3. The molecule has 0 amide bonds. The van der Waals surface area contributed by atoms with Crippen molar-refractivity contribution in [3.8, 4) is 5.75 Å². The first-order valence-corrected chi connectivity index (χ1v) is 7.43. The van der Waals surface area contributed by atoms with Gasteiger partial charge in [-0.25, -0.2) is 4.79 Å². The number of methoxy groups -OCH3 is 1. The molecule has 2 rings (SSSR count). The molecule has 7 heteroatoms. The van der Waals surface area contributed by atoms with Crippen molar-refractivity contribution in [1.82, 2.24) is 4.98 Å². The molecule has 0 bridgehead atoms. The van der Waals surface area contributed by atoms with Crippen LogP contribution in [0.1, 0.15) is 28.2 Å². The monoisotopic (exact) mass is 330 g/mol. The van der Waals surface area contributed by atoms with Gasteiger partial charge in [0, 0.05) is 17.5 Å². The number of nitrogens with zero attached hydrogens (tertiary/aromatic N) is 2. The fourth-order valence-electron chi connectivity index (χ4n) is 2.20. The largest absolute Gasteiger partial charge is 0.490 e. The third-order valence-corrected chi connectivity index (χ3v) is 3.37. The molecule has 7 nitrogen and oxygen atoms in total. The molecule has 1 heterocycles. The Hall–Kier alpha value is -2.96. The van der Waals surface area contributed by atoms with Crippen molar-refractivity contribution in [2.45, 2.75) is 19.8 Å². The van der Waals surface area contributed by atoms with Crippen LogP contribution in [0.3, 0.4) is 0 Å². The summed E-state index contributed by atoms with van der Waals surface area (Å²) in [7, 11) is 1.33. The summed E-state index contributed by atoms with van der Waals surface area (Å²) in [6.07, 6.45) is 1.32. The minimum absolute atomic E-state index is 0.0991. The smallest absolute Gasteiger partial charge is 0.338 e. The number of ether oxygens (including phenoxy) is 2. The molecule has 0 aliphatic heterocycles. The van der Waals surface area contributed by atoms with Crippen LogP contribution in [-0.2, 0) is 11.2 Å². The topological polar surface area (TPSA) is 91.6 Å². The van der Waals surface area contributed by atoms with Crippen molar-refractivity contribution in [3.63, 3.8) is 0 Å². The zero-order chi connectivity index (χ0) is 17.5. The summed E-state index contributed by atoms with van der Waals surface area (Å²) >= 11 is 0. The summed E-state index contributed by atoms with van der Waals surface area (Å²) in [4.78, 5) is 26.7. The molecule has 0 radical (unpaired) electrons. The van der Waals surface area contributed by atoms with E-state index in [1.165, 1.54) is 19.2 Å². The first-order chi connectivity index (χ1) is 11.5. The van der Waals surface area contributed by atoms with Gasteiger partial charge in [-0.2, -0.15) is 0 Å². The lowest BCUT2D eigenvalue weighted by molar-refractivity contribution is -0.385. The van der Waals surface area contributed by atoms with Gasteiger partial charge in [-0.1, -0.05) is 6.07 Å². The number of carbonyl (C=O) groups is 1. The van der Waals surface area contributed by atoms with E-state index in [0.29, 0.717) is 12.8 Å². The second-order valence-corrected chi connectivity index (χ2v) is 5.15. The van der Waals surface area contributed by atoms with Crippen molar-refractivity contribution in [1.29, 1.82) is 0 Å². The summed E-state index contributed by atoms with van der Waals surface area (Å²) in [6.45, 7) is 2.13. The van der Waals surface area contributed by atoms with Crippen LogP contribution in [0.4, 0.5) is 5.69 Å². The van der Waals surface area contributed by atoms with E-state index in [0.717, 1.165) is 17.5 Å². The van der Waals surface area contributed by atoms with Crippen LogP contribution in [-0.4, -0.2) is 29.6 Å². The summed E-state index contributed by atoms with van der Waals surface area (Å²) < 4.78 is 10.1. The molecule has 126 valence electrons. The van der Waals surface area contributed by atoms with Crippen LogP contribution in [0, 0.1) is 17.0 Å². The van der Waals surface area contributed by atoms with Crippen LogP contribution in [0.2, 0.25) is 0 Å². The summed E-state index contributed by atoms with van der Waals surface area (Å²) in [5, 5.41) is 11.0. The van der Waals surface area contributed by atoms with Gasteiger partial charge in [0.2, 0.25) is 0 Å². The molecule has 0 N–H and O–H groups in total. The first kappa shape index (κ1) is 17.4. The second-order valence-electron chi connectivity index (χ2n) is 5.15. The predicted octanol–water partition coefficient (Wildman–Crippen LogP) is 3.10. The Morgan fingerprint density at radius 1 is 1.29 bits per heavy atom. The van der Waals surface area contributed by atoms with Gasteiger partial charge in [0.05, 0.1) is 24.2 Å². The number of carbonyl (C=O) groups excluding carboxylic acids is 1. The normalized spacial score (nSPS) is 10.2. The van der Waals surface area contributed by atoms with Gasteiger partial charge in [-0.15, -0.1) is 0 Å². The molecule has 0 saturated carbocycles. The van der Waals surface area contributed by atoms with Gasteiger partial charge in [-0.3, -0.25) is 15.1 Å². The number of aryl methyl sites for hydroxylation is 2. The zero-order valence-electron chi connectivity index (χ0n) is 13.5. The Morgan fingerprint density at radius 3 is 2.75 bits per heavy atom. The molecule has 1 aromatic carbocycles. The Kier molecular flexibility index (Phi) is 5.83. The Labute approximate surface area is 139 Å². The number of aromatic nitrogens is 1. The van der Waals surface area contributed by atoms with Crippen LogP contribution in [0.15, 0.2) is 36.4 Å². The maximum Gasteiger partial charge on any atom is 0.338 e. The number of hydrogen-bond acceptors (Lipinski definition) is 6. The van der Waals surface area contributed by atoms with E-state index in [2.05, 4.69) is 4.98 Å². The molecule has 0 aliphatic rings. The molecule has 0 atom stereocenters.